The first-order chi connectivity index (χ1) is 19.4. The van der Waals surface area contributed by atoms with Crippen LogP contribution < -0.4 is 0 Å². The fourth-order valence-corrected chi connectivity index (χ4v) is 7.93. The molecule has 234 valence electrons. The van der Waals surface area contributed by atoms with Gasteiger partial charge in [-0.25, -0.2) is 4.98 Å². The number of carbonyl (C=O) groups is 3. The Balaban J connectivity index is 2.95. The number of ether oxygens (including phenoxy) is 4. The summed E-state index contributed by atoms with van der Waals surface area (Å²) in [5.74, 6) is 1.08. The second-order valence-corrected chi connectivity index (χ2v) is 16.0. The Morgan fingerprint density at radius 1 is 0.756 bits per heavy atom. The molecule has 1 rings (SSSR count). The number of hydrogen-bond acceptors (Lipinski definition) is 12. The number of nitrogens with zero attached hydrogens (tertiary/aromatic N) is 1. The van der Waals surface area contributed by atoms with Crippen molar-refractivity contribution in [1.82, 2.24) is 4.98 Å². The molecule has 0 aliphatic carbocycles. The van der Waals surface area contributed by atoms with E-state index in [-0.39, 0.29) is 38.6 Å². The standard InChI is InChI=1S/C29H47NO7S4/c1-8-18-38-39-19-16-36-24(31)27(3,4)21-29(6,22-28(5,9-2)25(32)35-15-14-34-7)26(33)37-17-20-40-41-23-12-10-11-13-30-23/h10-13H,8-9,14-22H2,1-7H3. The van der Waals surface area contributed by atoms with E-state index in [4.69, 9.17) is 18.9 Å². The third-order valence-corrected chi connectivity index (χ3v) is 11.2. The zero-order valence-electron chi connectivity index (χ0n) is 25.5. The fourth-order valence-electron chi connectivity index (χ4n) is 4.25. The van der Waals surface area contributed by atoms with Gasteiger partial charge in [-0.2, -0.15) is 0 Å². The topological polar surface area (TPSA) is 101 Å². The monoisotopic (exact) mass is 649 g/mol. The molecule has 2 unspecified atom stereocenters. The molecule has 0 bridgehead atoms. The molecule has 12 heteroatoms. The summed E-state index contributed by atoms with van der Waals surface area (Å²) in [6.07, 6.45) is 3.60. The summed E-state index contributed by atoms with van der Waals surface area (Å²) < 4.78 is 21.8. The number of esters is 3. The van der Waals surface area contributed by atoms with Crippen LogP contribution in [0.3, 0.4) is 0 Å². The molecular formula is C29H47NO7S4. The predicted molar refractivity (Wildman–Crippen MR) is 172 cm³/mol. The van der Waals surface area contributed by atoms with Gasteiger partial charge in [0.2, 0.25) is 0 Å². The first-order valence-corrected chi connectivity index (χ1v) is 18.7. The van der Waals surface area contributed by atoms with Crippen molar-refractivity contribution in [1.29, 1.82) is 0 Å². The van der Waals surface area contributed by atoms with Crippen LogP contribution in [-0.4, -0.2) is 73.7 Å². The van der Waals surface area contributed by atoms with Crippen molar-refractivity contribution < 1.29 is 33.3 Å². The largest absolute Gasteiger partial charge is 0.464 e. The van der Waals surface area contributed by atoms with Crippen LogP contribution in [0.2, 0.25) is 0 Å². The van der Waals surface area contributed by atoms with Gasteiger partial charge >= 0.3 is 17.9 Å². The summed E-state index contributed by atoms with van der Waals surface area (Å²) in [6, 6.07) is 5.70. The van der Waals surface area contributed by atoms with Crippen molar-refractivity contribution in [2.24, 2.45) is 16.2 Å². The SMILES string of the molecule is CCCSSCCOC(=O)C(C)(C)CC(C)(CC(C)(CC)C(=O)OCCOC)C(=O)OCCSSc1ccccn1. The molecule has 0 aromatic carbocycles. The highest BCUT2D eigenvalue weighted by molar-refractivity contribution is 8.77. The second-order valence-electron chi connectivity index (χ2n) is 10.8. The molecule has 41 heavy (non-hydrogen) atoms. The third kappa shape index (κ3) is 14.3. The van der Waals surface area contributed by atoms with Crippen molar-refractivity contribution in [3.8, 4) is 0 Å². The number of carbonyl (C=O) groups excluding carboxylic acids is 3. The van der Waals surface area contributed by atoms with Gasteiger partial charge in [0.15, 0.2) is 0 Å². The molecular weight excluding hydrogens is 603 g/mol. The van der Waals surface area contributed by atoms with Crippen LogP contribution in [0.25, 0.3) is 0 Å². The maximum atomic E-state index is 13.7. The van der Waals surface area contributed by atoms with Crippen LogP contribution in [0.1, 0.15) is 67.2 Å². The molecule has 0 spiro atoms. The van der Waals surface area contributed by atoms with E-state index < -0.39 is 28.2 Å². The number of methoxy groups -OCH3 is 1. The van der Waals surface area contributed by atoms with Gasteiger partial charge in [0.25, 0.3) is 0 Å². The first-order valence-electron chi connectivity index (χ1n) is 13.9. The van der Waals surface area contributed by atoms with Crippen LogP contribution in [0, 0.1) is 16.2 Å². The summed E-state index contributed by atoms with van der Waals surface area (Å²) in [5, 5.41) is 0.877. The lowest BCUT2D eigenvalue weighted by Crippen LogP contribution is -2.44. The van der Waals surface area contributed by atoms with Crippen molar-refractivity contribution in [3.05, 3.63) is 24.4 Å². The fraction of sp³-hybridized carbons (Fsp3) is 0.724. The third-order valence-electron chi connectivity index (χ3n) is 6.40. The van der Waals surface area contributed by atoms with Crippen LogP contribution in [0.4, 0.5) is 0 Å². The molecule has 2 atom stereocenters. The summed E-state index contributed by atoms with van der Waals surface area (Å²) in [7, 11) is 8.03. The molecule has 1 aromatic heterocycles. The van der Waals surface area contributed by atoms with Crippen LogP contribution in [0.15, 0.2) is 29.4 Å². The summed E-state index contributed by atoms with van der Waals surface area (Å²) in [5.41, 5.74) is -3.08. The molecule has 0 aliphatic heterocycles. The van der Waals surface area contributed by atoms with E-state index in [2.05, 4.69) is 11.9 Å². The van der Waals surface area contributed by atoms with E-state index in [1.165, 1.54) is 28.7 Å². The normalized spacial score (nSPS) is 14.5. The molecule has 0 saturated carbocycles. The van der Waals surface area contributed by atoms with Gasteiger partial charge in [-0.05, 0) is 76.3 Å². The minimum atomic E-state index is -1.14. The van der Waals surface area contributed by atoms with Gasteiger partial charge < -0.3 is 18.9 Å². The Morgan fingerprint density at radius 2 is 1.37 bits per heavy atom. The van der Waals surface area contributed by atoms with E-state index >= 15 is 0 Å². The van der Waals surface area contributed by atoms with Gasteiger partial charge in [-0.1, -0.05) is 52.3 Å². The van der Waals surface area contributed by atoms with Gasteiger partial charge in [-0.3, -0.25) is 14.4 Å². The predicted octanol–water partition coefficient (Wildman–Crippen LogP) is 7.12. The Bertz CT molecular complexity index is 922. The molecule has 0 aliphatic rings. The average Bonchev–Trinajstić information content (AvgIpc) is 2.94. The van der Waals surface area contributed by atoms with E-state index in [1.54, 1.807) is 55.5 Å². The lowest BCUT2D eigenvalue weighted by atomic mass is 9.65. The minimum Gasteiger partial charge on any atom is -0.464 e. The maximum Gasteiger partial charge on any atom is 0.311 e. The Hall–Kier alpha value is -1.08. The van der Waals surface area contributed by atoms with Crippen LogP contribution in [-0.2, 0) is 33.3 Å². The number of pyridine rings is 1. The number of hydrogen-bond donors (Lipinski definition) is 0. The highest BCUT2D eigenvalue weighted by Crippen LogP contribution is 2.46. The zero-order valence-corrected chi connectivity index (χ0v) is 28.8. The highest BCUT2D eigenvalue weighted by atomic mass is 33.1. The van der Waals surface area contributed by atoms with E-state index in [0.29, 0.717) is 24.5 Å². The Morgan fingerprint density at radius 3 is 1.98 bits per heavy atom. The van der Waals surface area contributed by atoms with Crippen molar-refractivity contribution >= 4 is 61.1 Å². The maximum absolute atomic E-state index is 13.7. The molecule has 0 fully saturated rings. The molecule has 0 saturated heterocycles. The number of rotatable bonds is 22. The summed E-state index contributed by atoms with van der Waals surface area (Å²) >= 11 is 0. The molecule has 0 radical (unpaired) electrons. The Labute approximate surface area is 262 Å². The minimum absolute atomic E-state index is 0.129. The van der Waals surface area contributed by atoms with Crippen LogP contribution in [0.5, 0.6) is 0 Å². The van der Waals surface area contributed by atoms with Crippen molar-refractivity contribution in [2.75, 3.05) is 50.8 Å². The van der Waals surface area contributed by atoms with Crippen molar-refractivity contribution in [2.45, 2.75) is 72.3 Å². The molecule has 0 amide bonds. The van der Waals surface area contributed by atoms with Gasteiger partial charge in [-0.15, -0.1) is 0 Å². The van der Waals surface area contributed by atoms with E-state index in [9.17, 15) is 14.4 Å². The van der Waals surface area contributed by atoms with E-state index in [1.807, 2.05) is 25.1 Å². The first kappa shape index (κ1) is 37.9. The van der Waals surface area contributed by atoms with Gasteiger partial charge in [0.05, 0.1) is 22.9 Å². The summed E-state index contributed by atoms with van der Waals surface area (Å²) in [6.45, 7) is 12.0. The highest BCUT2D eigenvalue weighted by Gasteiger charge is 2.49. The number of aromatic nitrogens is 1. The summed E-state index contributed by atoms with van der Waals surface area (Å²) in [4.78, 5) is 44.2. The van der Waals surface area contributed by atoms with E-state index in [0.717, 1.165) is 17.2 Å². The van der Waals surface area contributed by atoms with Gasteiger partial charge in [0, 0.05) is 30.6 Å². The smallest absolute Gasteiger partial charge is 0.311 e. The molecule has 1 aromatic rings. The zero-order chi connectivity index (χ0) is 30.8. The Kier molecular flexibility index (Phi) is 18.5. The second kappa shape index (κ2) is 20.0. The molecule has 8 nitrogen and oxygen atoms in total. The lowest BCUT2D eigenvalue weighted by Gasteiger charge is -2.39. The van der Waals surface area contributed by atoms with Gasteiger partial charge in [0.1, 0.15) is 24.8 Å². The average molecular weight is 650 g/mol. The quantitative estimate of drug-likeness (QED) is 0.0553. The van der Waals surface area contributed by atoms with Crippen molar-refractivity contribution in [3.63, 3.8) is 0 Å². The molecule has 0 N–H and O–H groups in total. The van der Waals surface area contributed by atoms with Crippen LogP contribution >= 0.6 is 43.2 Å². The lowest BCUT2D eigenvalue weighted by molar-refractivity contribution is -0.168. The molecule has 1 heterocycles.